The minimum absolute atomic E-state index is 0.417. The molecule has 3 heteroatoms. The van der Waals surface area contributed by atoms with Crippen molar-refractivity contribution in [2.24, 2.45) is 5.92 Å². The molecule has 2 rings (SSSR count). The average Bonchev–Trinajstić information content (AvgIpc) is 3.20. The number of ether oxygens (including phenoxy) is 1. The Morgan fingerprint density at radius 2 is 2.06 bits per heavy atom. The number of aliphatic hydroxyl groups is 1. The molecule has 0 aliphatic heterocycles. The van der Waals surface area contributed by atoms with Gasteiger partial charge in [-0.25, -0.2) is 0 Å². The molecule has 0 saturated heterocycles. The normalized spacial score (nSPS) is 17.1. The molecule has 18 heavy (non-hydrogen) atoms. The summed E-state index contributed by atoms with van der Waals surface area (Å²) in [4.78, 5) is 2.12. The number of nitrogens with zero attached hydrogens (tertiary/aromatic N) is 1. The van der Waals surface area contributed by atoms with E-state index in [0.717, 1.165) is 31.2 Å². The van der Waals surface area contributed by atoms with Crippen LogP contribution in [0.4, 0.5) is 0 Å². The first kappa shape index (κ1) is 13.5. The minimum Gasteiger partial charge on any atom is -0.387 e. The van der Waals surface area contributed by atoms with Crippen molar-refractivity contribution in [1.82, 2.24) is 4.90 Å². The van der Waals surface area contributed by atoms with E-state index in [1.165, 1.54) is 12.8 Å². The van der Waals surface area contributed by atoms with Crippen LogP contribution in [0, 0.1) is 5.92 Å². The largest absolute Gasteiger partial charge is 0.387 e. The molecule has 3 nitrogen and oxygen atoms in total. The second-order valence-corrected chi connectivity index (χ2v) is 5.21. The Bertz CT molecular complexity index is 338. The second-order valence-electron chi connectivity index (χ2n) is 5.21. The van der Waals surface area contributed by atoms with Crippen molar-refractivity contribution in [2.45, 2.75) is 18.9 Å². The van der Waals surface area contributed by atoms with Crippen LogP contribution in [0.3, 0.4) is 0 Å². The van der Waals surface area contributed by atoms with Crippen molar-refractivity contribution in [3.05, 3.63) is 35.9 Å². The van der Waals surface area contributed by atoms with Crippen LogP contribution >= 0.6 is 0 Å². The van der Waals surface area contributed by atoms with Gasteiger partial charge >= 0.3 is 0 Å². The molecular weight excluding hydrogens is 226 g/mol. The first-order valence-electron chi connectivity index (χ1n) is 6.75. The van der Waals surface area contributed by atoms with Crippen LogP contribution in [0.1, 0.15) is 24.5 Å². The molecule has 1 saturated carbocycles. The summed E-state index contributed by atoms with van der Waals surface area (Å²) in [5.41, 5.74) is 0.975. The molecule has 0 radical (unpaired) electrons. The molecule has 1 atom stereocenters. The molecule has 1 N–H and O–H groups in total. The van der Waals surface area contributed by atoms with Crippen molar-refractivity contribution in [1.29, 1.82) is 0 Å². The number of hydrogen-bond acceptors (Lipinski definition) is 3. The Morgan fingerprint density at radius 3 is 2.72 bits per heavy atom. The Labute approximate surface area is 109 Å². The summed E-state index contributed by atoms with van der Waals surface area (Å²) in [7, 11) is 2.02. The zero-order chi connectivity index (χ0) is 12.8. The second kappa shape index (κ2) is 6.88. The van der Waals surface area contributed by atoms with Crippen LogP contribution in [-0.4, -0.2) is 43.4 Å². The van der Waals surface area contributed by atoms with Crippen molar-refractivity contribution in [3.8, 4) is 0 Å². The van der Waals surface area contributed by atoms with Crippen LogP contribution in [0.15, 0.2) is 30.3 Å². The van der Waals surface area contributed by atoms with E-state index in [1.807, 2.05) is 37.4 Å². The third-order valence-corrected chi connectivity index (χ3v) is 3.34. The molecule has 1 aromatic carbocycles. The monoisotopic (exact) mass is 249 g/mol. The summed E-state index contributed by atoms with van der Waals surface area (Å²) in [6, 6.07) is 9.80. The number of likely N-dealkylation sites (N-methyl/N-ethyl adjacent to an activating group) is 1. The summed E-state index contributed by atoms with van der Waals surface area (Å²) in [5.74, 6) is 0.824. The third kappa shape index (κ3) is 4.77. The van der Waals surface area contributed by atoms with Crippen LogP contribution in [0.25, 0.3) is 0 Å². The predicted molar refractivity (Wildman–Crippen MR) is 72.4 cm³/mol. The summed E-state index contributed by atoms with van der Waals surface area (Å²) in [6.45, 7) is 3.19. The summed E-state index contributed by atoms with van der Waals surface area (Å²) >= 11 is 0. The van der Waals surface area contributed by atoms with E-state index in [9.17, 15) is 5.11 Å². The Morgan fingerprint density at radius 1 is 1.33 bits per heavy atom. The summed E-state index contributed by atoms with van der Waals surface area (Å²) in [6.07, 6.45) is 2.25. The smallest absolute Gasteiger partial charge is 0.0916 e. The van der Waals surface area contributed by atoms with Crippen LogP contribution in [-0.2, 0) is 4.74 Å². The van der Waals surface area contributed by atoms with E-state index in [1.54, 1.807) is 0 Å². The fraction of sp³-hybridized carbons (Fsp3) is 0.600. The SMILES string of the molecule is CN(CCOCC1CC1)CC(O)c1ccccc1. The van der Waals surface area contributed by atoms with Gasteiger partial charge in [0.25, 0.3) is 0 Å². The lowest BCUT2D eigenvalue weighted by Crippen LogP contribution is -2.28. The van der Waals surface area contributed by atoms with Gasteiger partial charge in [-0.15, -0.1) is 0 Å². The number of hydrogen-bond donors (Lipinski definition) is 1. The molecule has 100 valence electrons. The van der Waals surface area contributed by atoms with E-state index >= 15 is 0 Å². The molecule has 1 fully saturated rings. The minimum atomic E-state index is -0.417. The third-order valence-electron chi connectivity index (χ3n) is 3.34. The van der Waals surface area contributed by atoms with Crippen molar-refractivity contribution in [2.75, 3.05) is 33.4 Å². The highest BCUT2D eigenvalue weighted by Crippen LogP contribution is 2.28. The maximum Gasteiger partial charge on any atom is 0.0916 e. The standard InChI is InChI=1S/C15H23NO2/c1-16(9-10-18-12-13-7-8-13)11-15(17)14-5-3-2-4-6-14/h2-6,13,15,17H,7-12H2,1H3. The average molecular weight is 249 g/mol. The van der Waals surface area contributed by atoms with Crippen molar-refractivity contribution in [3.63, 3.8) is 0 Å². The summed E-state index contributed by atoms with van der Waals surface area (Å²) < 4.78 is 5.59. The first-order valence-corrected chi connectivity index (χ1v) is 6.75. The number of aliphatic hydroxyl groups excluding tert-OH is 1. The zero-order valence-electron chi connectivity index (χ0n) is 11.1. The van der Waals surface area contributed by atoms with E-state index in [-0.39, 0.29) is 0 Å². The zero-order valence-corrected chi connectivity index (χ0v) is 11.1. The Kier molecular flexibility index (Phi) is 5.17. The van der Waals surface area contributed by atoms with E-state index in [4.69, 9.17) is 4.74 Å². The van der Waals surface area contributed by atoms with Gasteiger partial charge in [0.2, 0.25) is 0 Å². The predicted octanol–water partition coefficient (Wildman–Crippen LogP) is 2.08. The molecule has 0 spiro atoms. The lowest BCUT2D eigenvalue weighted by Gasteiger charge is -2.20. The Hall–Kier alpha value is -0.900. The highest BCUT2D eigenvalue weighted by Gasteiger charge is 2.21. The van der Waals surface area contributed by atoms with Gasteiger partial charge in [-0.1, -0.05) is 30.3 Å². The van der Waals surface area contributed by atoms with Gasteiger partial charge in [-0.2, -0.15) is 0 Å². The molecule has 0 bridgehead atoms. The van der Waals surface area contributed by atoms with E-state index in [2.05, 4.69) is 4.90 Å². The van der Waals surface area contributed by atoms with Gasteiger partial charge < -0.3 is 14.7 Å². The van der Waals surface area contributed by atoms with Gasteiger partial charge in [-0.05, 0) is 31.4 Å². The van der Waals surface area contributed by atoms with E-state index < -0.39 is 6.10 Å². The fourth-order valence-corrected chi connectivity index (χ4v) is 1.92. The van der Waals surface area contributed by atoms with Crippen LogP contribution in [0.2, 0.25) is 0 Å². The number of rotatable bonds is 8. The molecule has 0 aromatic heterocycles. The van der Waals surface area contributed by atoms with Gasteiger partial charge in [0.1, 0.15) is 0 Å². The lowest BCUT2D eigenvalue weighted by atomic mass is 10.1. The highest BCUT2D eigenvalue weighted by atomic mass is 16.5. The van der Waals surface area contributed by atoms with Crippen molar-refractivity contribution < 1.29 is 9.84 Å². The van der Waals surface area contributed by atoms with Gasteiger partial charge in [0.05, 0.1) is 12.7 Å². The molecule has 1 unspecified atom stereocenters. The fourth-order valence-electron chi connectivity index (χ4n) is 1.92. The van der Waals surface area contributed by atoms with E-state index in [0.29, 0.717) is 6.54 Å². The molecule has 0 amide bonds. The highest BCUT2D eigenvalue weighted by molar-refractivity contribution is 5.17. The van der Waals surface area contributed by atoms with Gasteiger partial charge in [0.15, 0.2) is 0 Å². The lowest BCUT2D eigenvalue weighted by molar-refractivity contribution is 0.0794. The maximum absolute atomic E-state index is 10.1. The molecule has 0 heterocycles. The van der Waals surface area contributed by atoms with Gasteiger partial charge in [-0.3, -0.25) is 0 Å². The molecule has 1 aliphatic rings. The molecular formula is C15H23NO2. The quantitative estimate of drug-likeness (QED) is 0.716. The summed E-state index contributed by atoms with van der Waals surface area (Å²) in [5, 5.41) is 10.1. The maximum atomic E-state index is 10.1. The number of benzene rings is 1. The van der Waals surface area contributed by atoms with Gasteiger partial charge in [0, 0.05) is 19.7 Å². The van der Waals surface area contributed by atoms with Crippen LogP contribution < -0.4 is 0 Å². The Balaban J connectivity index is 1.61. The first-order chi connectivity index (χ1) is 8.75. The molecule has 1 aromatic rings. The molecule has 1 aliphatic carbocycles. The topological polar surface area (TPSA) is 32.7 Å². The van der Waals surface area contributed by atoms with Crippen LogP contribution in [0.5, 0.6) is 0 Å². The van der Waals surface area contributed by atoms with Crippen molar-refractivity contribution >= 4 is 0 Å².